The Labute approximate surface area is 151 Å². The molecule has 0 radical (unpaired) electrons. The first kappa shape index (κ1) is 16.2. The van der Waals surface area contributed by atoms with Gasteiger partial charge < -0.3 is 4.90 Å². The van der Waals surface area contributed by atoms with E-state index in [1.54, 1.807) is 35.4 Å². The van der Waals surface area contributed by atoms with E-state index in [0.717, 1.165) is 32.0 Å². The number of aromatic nitrogens is 1. The zero-order valence-electron chi connectivity index (χ0n) is 14.1. The third kappa shape index (κ3) is 2.80. The number of piperazine rings is 1. The Balaban J connectivity index is 1.42. The van der Waals surface area contributed by atoms with Crippen LogP contribution in [-0.4, -0.2) is 54.4 Å². The maximum atomic E-state index is 12.3. The predicted octanol–water partition coefficient (Wildman–Crippen LogP) is 1.26. The third-order valence-corrected chi connectivity index (χ3v) is 4.79. The van der Waals surface area contributed by atoms with Crippen LogP contribution in [0.2, 0.25) is 0 Å². The SMILES string of the molecule is N#Cc1ccnc(N2CCN(CN3C(=O)C(=O)c4ccccc43)CC2)c1. The van der Waals surface area contributed by atoms with Gasteiger partial charge in [0.05, 0.1) is 29.6 Å². The Morgan fingerprint density at radius 3 is 2.62 bits per heavy atom. The molecular formula is C19H17N5O2. The molecule has 1 aromatic carbocycles. The number of benzene rings is 1. The monoisotopic (exact) mass is 347 g/mol. The van der Waals surface area contributed by atoms with Gasteiger partial charge in [-0.05, 0) is 24.3 Å². The Hall–Kier alpha value is -3.24. The maximum absolute atomic E-state index is 12.3. The van der Waals surface area contributed by atoms with E-state index in [0.29, 0.717) is 23.5 Å². The number of nitrogens with zero attached hydrogens (tertiary/aromatic N) is 5. The molecule has 2 aliphatic rings. The summed E-state index contributed by atoms with van der Waals surface area (Å²) in [5.41, 5.74) is 1.76. The number of carbonyl (C=O) groups excluding carboxylic acids is 2. The van der Waals surface area contributed by atoms with Crippen LogP contribution < -0.4 is 9.80 Å². The number of hydrogen-bond acceptors (Lipinski definition) is 6. The highest BCUT2D eigenvalue weighted by atomic mass is 16.2. The van der Waals surface area contributed by atoms with Crippen molar-refractivity contribution in [2.75, 3.05) is 42.6 Å². The molecule has 7 nitrogen and oxygen atoms in total. The van der Waals surface area contributed by atoms with E-state index in [4.69, 9.17) is 5.26 Å². The second-order valence-electron chi connectivity index (χ2n) is 6.34. The molecule has 130 valence electrons. The number of para-hydroxylation sites is 1. The fourth-order valence-corrected chi connectivity index (χ4v) is 3.37. The molecule has 0 N–H and O–H groups in total. The number of fused-ring (bicyclic) bond motifs is 1. The third-order valence-electron chi connectivity index (χ3n) is 4.79. The first-order valence-electron chi connectivity index (χ1n) is 8.46. The minimum atomic E-state index is -0.461. The van der Waals surface area contributed by atoms with Crippen LogP contribution in [0.1, 0.15) is 15.9 Å². The minimum absolute atomic E-state index is 0.404. The quantitative estimate of drug-likeness (QED) is 0.778. The van der Waals surface area contributed by atoms with Crippen LogP contribution in [0.4, 0.5) is 11.5 Å². The van der Waals surface area contributed by atoms with E-state index >= 15 is 0 Å². The van der Waals surface area contributed by atoms with Gasteiger partial charge in [-0.25, -0.2) is 4.98 Å². The Bertz CT molecular complexity index is 912. The van der Waals surface area contributed by atoms with Crippen molar-refractivity contribution in [1.29, 1.82) is 5.26 Å². The zero-order valence-corrected chi connectivity index (χ0v) is 14.1. The average Bonchev–Trinajstić information content (AvgIpc) is 2.94. The van der Waals surface area contributed by atoms with Crippen molar-refractivity contribution in [3.63, 3.8) is 0 Å². The normalized spacial score (nSPS) is 17.3. The molecule has 0 saturated carbocycles. The minimum Gasteiger partial charge on any atom is -0.354 e. The topological polar surface area (TPSA) is 80.5 Å². The Morgan fingerprint density at radius 2 is 1.85 bits per heavy atom. The number of anilines is 2. The maximum Gasteiger partial charge on any atom is 0.300 e. The molecule has 7 heteroatoms. The summed E-state index contributed by atoms with van der Waals surface area (Å²) in [4.78, 5) is 34.6. The van der Waals surface area contributed by atoms with Gasteiger partial charge in [0.1, 0.15) is 5.82 Å². The van der Waals surface area contributed by atoms with Crippen LogP contribution in [-0.2, 0) is 4.79 Å². The summed E-state index contributed by atoms with van der Waals surface area (Å²) in [5, 5.41) is 9.02. The van der Waals surface area contributed by atoms with Gasteiger partial charge in [0.25, 0.3) is 5.78 Å². The summed E-state index contributed by atoms with van der Waals surface area (Å²) >= 11 is 0. The van der Waals surface area contributed by atoms with Crippen LogP contribution in [0.3, 0.4) is 0 Å². The van der Waals surface area contributed by atoms with Gasteiger partial charge in [-0.15, -0.1) is 0 Å². The van der Waals surface area contributed by atoms with E-state index in [1.807, 2.05) is 12.1 Å². The Morgan fingerprint density at radius 1 is 1.08 bits per heavy atom. The largest absolute Gasteiger partial charge is 0.354 e. The number of rotatable bonds is 3. The second kappa shape index (κ2) is 6.58. The number of pyridine rings is 1. The molecule has 1 aromatic heterocycles. The molecule has 26 heavy (non-hydrogen) atoms. The van der Waals surface area contributed by atoms with Crippen LogP contribution in [0.15, 0.2) is 42.6 Å². The van der Waals surface area contributed by atoms with Gasteiger partial charge in [0.15, 0.2) is 0 Å². The van der Waals surface area contributed by atoms with Crippen molar-refractivity contribution < 1.29 is 9.59 Å². The first-order valence-corrected chi connectivity index (χ1v) is 8.46. The van der Waals surface area contributed by atoms with Crippen molar-refractivity contribution in [2.45, 2.75) is 0 Å². The van der Waals surface area contributed by atoms with Crippen molar-refractivity contribution in [1.82, 2.24) is 9.88 Å². The number of ketones is 1. The highest BCUT2D eigenvalue weighted by Crippen LogP contribution is 2.28. The summed E-state index contributed by atoms with van der Waals surface area (Å²) in [6.45, 7) is 3.40. The predicted molar refractivity (Wildman–Crippen MR) is 95.9 cm³/mol. The lowest BCUT2D eigenvalue weighted by Gasteiger charge is -2.37. The van der Waals surface area contributed by atoms with E-state index in [-0.39, 0.29) is 0 Å². The van der Waals surface area contributed by atoms with Crippen molar-refractivity contribution in [3.05, 3.63) is 53.7 Å². The molecule has 1 amide bonds. The molecule has 4 rings (SSSR count). The van der Waals surface area contributed by atoms with Gasteiger partial charge in [0.2, 0.25) is 0 Å². The molecule has 0 atom stereocenters. The van der Waals surface area contributed by atoms with E-state index in [2.05, 4.69) is 20.9 Å². The lowest BCUT2D eigenvalue weighted by molar-refractivity contribution is -0.114. The number of Topliss-reactive ketones (excluding diaryl/α,β-unsaturated/α-hetero) is 1. The van der Waals surface area contributed by atoms with E-state index in [1.165, 1.54) is 0 Å². The number of hydrogen-bond donors (Lipinski definition) is 0. The molecule has 0 bridgehead atoms. The number of carbonyl (C=O) groups is 2. The average molecular weight is 347 g/mol. The van der Waals surface area contributed by atoms with Crippen LogP contribution >= 0.6 is 0 Å². The lowest BCUT2D eigenvalue weighted by Crippen LogP contribution is -2.51. The summed E-state index contributed by atoms with van der Waals surface area (Å²) in [7, 11) is 0. The van der Waals surface area contributed by atoms with E-state index < -0.39 is 11.7 Å². The molecule has 2 aromatic rings. The van der Waals surface area contributed by atoms with Crippen molar-refractivity contribution >= 4 is 23.2 Å². The summed E-state index contributed by atoms with van der Waals surface area (Å²) in [5.74, 6) is -0.102. The fourth-order valence-electron chi connectivity index (χ4n) is 3.37. The highest BCUT2D eigenvalue weighted by molar-refractivity contribution is 6.52. The van der Waals surface area contributed by atoms with Crippen molar-refractivity contribution in [2.24, 2.45) is 0 Å². The highest BCUT2D eigenvalue weighted by Gasteiger charge is 2.36. The fraction of sp³-hybridized carbons (Fsp3) is 0.263. The number of nitriles is 1. The molecule has 1 saturated heterocycles. The Kier molecular flexibility index (Phi) is 4.11. The summed E-state index contributed by atoms with van der Waals surface area (Å²) < 4.78 is 0. The molecule has 0 aliphatic carbocycles. The second-order valence-corrected chi connectivity index (χ2v) is 6.34. The molecule has 0 unspecified atom stereocenters. The summed E-state index contributed by atoms with van der Waals surface area (Å²) in [6, 6.07) is 12.7. The molecule has 3 heterocycles. The first-order chi connectivity index (χ1) is 12.7. The number of amides is 1. The zero-order chi connectivity index (χ0) is 18.1. The summed E-state index contributed by atoms with van der Waals surface area (Å²) in [6.07, 6.45) is 1.64. The van der Waals surface area contributed by atoms with Crippen molar-refractivity contribution in [3.8, 4) is 6.07 Å². The van der Waals surface area contributed by atoms with Gasteiger partial charge in [0, 0.05) is 32.4 Å². The smallest absolute Gasteiger partial charge is 0.300 e. The van der Waals surface area contributed by atoms with Gasteiger partial charge >= 0.3 is 5.91 Å². The molecule has 2 aliphatic heterocycles. The molecule has 0 spiro atoms. The van der Waals surface area contributed by atoms with Gasteiger partial charge in [-0.3, -0.25) is 19.4 Å². The van der Waals surface area contributed by atoms with Crippen LogP contribution in [0.5, 0.6) is 0 Å². The van der Waals surface area contributed by atoms with Gasteiger partial charge in [-0.1, -0.05) is 12.1 Å². The molecular weight excluding hydrogens is 330 g/mol. The molecule has 1 fully saturated rings. The van der Waals surface area contributed by atoms with Crippen LogP contribution in [0, 0.1) is 11.3 Å². The van der Waals surface area contributed by atoms with Gasteiger partial charge in [-0.2, -0.15) is 5.26 Å². The lowest BCUT2D eigenvalue weighted by atomic mass is 10.1. The van der Waals surface area contributed by atoms with E-state index in [9.17, 15) is 9.59 Å². The standard InChI is InChI=1S/C19H17N5O2/c20-12-14-5-6-21-17(11-14)23-9-7-22(8-10-23)13-24-16-4-2-1-3-15(16)18(25)19(24)26/h1-6,11H,7-10,13H2. The van der Waals surface area contributed by atoms with Crippen LogP contribution in [0.25, 0.3) is 0 Å².